The van der Waals surface area contributed by atoms with Crippen LogP contribution in [-0.4, -0.2) is 52.5 Å². The fourth-order valence-corrected chi connectivity index (χ4v) is 5.22. The maximum atomic E-state index is 4.93. The van der Waals surface area contributed by atoms with E-state index in [0.717, 1.165) is 61.6 Å². The first kappa shape index (κ1) is 22.7. The molecule has 0 bridgehead atoms. The van der Waals surface area contributed by atoms with E-state index in [0.29, 0.717) is 0 Å². The van der Waals surface area contributed by atoms with Gasteiger partial charge in [0.2, 0.25) is 0 Å². The molecule has 0 amide bonds. The van der Waals surface area contributed by atoms with Crippen LogP contribution in [0.15, 0.2) is 79.1 Å². The van der Waals surface area contributed by atoms with Gasteiger partial charge < -0.3 is 9.80 Å². The molecule has 36 heavy (non-hydrogen) atoms. The van der Waals surface area contributed by atoms with Crippen molar-refractivity contribution in [2.75, 3.05) is 38.1 Å². The van der Waals surface area contributed by atoms with Crippen LogP contribution in [0, 0.1) is 0 Å². The van der Waals surface area contributed by atoms with E-state index >= 15 is 0 Å². The minimum absolute atomic E-state index is 0.960. The monoisotopic (exact) mass is 475 g/mol. The second-order valence-electron chi connectivity index (χ2n) is 9.91. The number of aryl methyl sites for hydroxylation is 1. The number of para-hydroxylation sites is 1. The van der Waals surface area contributed by atoms with Crippen molar-refractivity contribution in [1.82, 2.24) is 19.3 Å². The molecule has 5 nitrogen and oxygen atoms in total. The lowest BCUT2D eigenvalue weighted by Gasteiger charge is -2.34. The molecule has 0 N–H and O–H groups in total. The van der Waals surface area contributed by atoms with Crippen molar-refractivity contribution in [3.05, 3.63) is 84.8 Å². The Balaban J connectivity index is 1.33. The second kappa shape index (κ2) is 9.75. The van der Waals surface area contributed by atoms with Gasteiger partial charge in [0.25, 0.3) is 0 Å². The van der Waals surface area contributed by atoms with E-state index in [1.165, 1.54) is 34.2 Å². The molecule has 1 aliphatic rings. The van der Waals surface area contributed by atoms with Crippen molar-refractivity contribution in [3.8, 4) is 22.4 Å². The zero-order valence-corrected chi connectivity index (χ0v) is 21.2. The standard InChI is InChI=1S/C31H33N5/c1-3-4-7-25-21-28(27-8-5-6-9-29(27)33-25)30-22-32-31-20-24(14-15-36(30)31)23-10-12-26(13-11-23)35-18-16-34(2)17-19-35/h5-6,8-15,20-22H,3-4,7,16-19H2,1-2H3. The van der Waals surface area contributed by atoms with Crippen LogP contribution in [0.1, 0.15) is 25.5 Å². The molecular weight excluding hydrogens is 442 g/mol. The molecule has 2 aromatic carbocycles. The van der Waals surface area contributed by atoms with Gasteiger partial charge in [-0.05, 0) is 67.4 Å². The first-order chi connectivity index (χ1) is 17.7. The van der Waals surface area contributed by atoms with Crippen molar-refractivity contribution >= 4 is 22.2 Å². The van der Waals surface area contributed by atoms with E-state index < -0.39 is 0 Å². The third-order valence-electron chi connectivity index (χ3n) is 7.41. The third kappa shape index (κ3) is 4.35. The molecule has 182 valence electrons. The van der Waals surface area contributed by atoms with Crippen molar-refractivity contribution in [2.45, 2.75) is 26.2 Å². The third-order valence-corrected chi connectivity index (χ3v) is 7.41. The quantitative estimate of drug-likeness (QED) is 0.288. The molecule has 0 unspecified atom stereocenters. The van der Waals surface area contributed by atoms with Gasteiger partial charge in [0.15, 0.2) is 0 Å². The molecule has 1 fully saturated rings. The number of pyridine rings is 2. The minimum Gasteiger partial charge on any atom is -0.369 e. The highest BCUT2D eigenvalue weighted by atomic mass is 15.2. The van der Waals surface area contributed by atoms with Crippen molar-refractivity contribution in [3.63, 3.8) is 0 Å². The second-order valence-corrected chi connectivity index (χ2v) is 9.91. The van der Waals surface area contributed by atoms with E-state index in [1.54, 1.807) is 0 Å². The highest BCUT2D eigenvalue weighted by molar-refractivity contribution is 5.94. The summed E-state index contributed by atoms with van der Waals surface area (Å²) in [5.74, 6) is 0. The predicted molar refractivity (Wildman–Crippen MR) is 150 cm³/mol. The van der Waals surface area contributed by atoms with Crippen LogP contribution in [0.25, 0.3) is 38.9 Å². The van der Waals surface area contributed by atoms with Gasteiger partial charge in [-0.25, -0.2) is 4.98 Å². The molecule has 0 radical (unpaired) electrons. The summed E-state index contributed by atoms with van der Waals surface area (Å²) in [5.41, 5.74) is 9.18. The molecule has 5 aromatic rings. The van der Waals surface area contributed by atoms with E-state index in [9.17, 15) is 0 Å². The topological polar surface area (TPSA) is 36.7 Å². The highest BCUT2D eigenvalue weighted by Crippen LogP contribution is 2.31. The lowest BCUT2D eigenvalue weighted by atomic mass is 10.0. The highest BCUT2D eigenvalue weighted by Gasteiger charge is 2.15. The van der Waals surface area contributed by atoms with Crippen molar-refractivity contribution in [1.29, 1.82) is 0 Å². The van der Waals surface area contributed by atoms with Crippen LogP contribution in [0.5, 0.6) is 0 Å². The summed E-state index contributed by atoms with van der Waals surface area (Å²) in [4.78, 5) is 14.6. The Morgan fingerprint density at radius 3 is 2.47 bits per heavy atom. The lowest BCUT2D eigenvalue weighted by molar-refractivity contribution is 0.313. The molecule has 0 aliphatic carbocycles. The average molecular weight is 476 g/mol. The first-order valence-electron chi connectivity index (χ1n) is 13.1. The van der Waals surface area contributed by atoms with Crippen LogP contribution >= 0.6 is 0 Å². The van der Waals surface area contributed by atoms with Gasteiger partial charge in [-0.15, -0.1) is 0 Å². The van der Waals surface area contributed by atoms with Gasteiger partial charge in [0.1, 0.15) is 5.65 Å². The lowest BCUT2D eigenvalue weighted by Crippen LogP contribution is -2.44. The molecule has 1 saturated heterocycles. The Bertz CT molecular complexity index is 1490. The Labute approximate surface area is 213 Å². The van der Waals surface area contributed by atoms with Gasteiger partial charge in [0.05, 0.1) is 17.4 Å². The smallest absolute Gasteiger partial charge is 0.137 e. The van der Waals surface area contributed by atoms with Crippen LogP contribution in [-0.2, 0) is 6.42 Å². The molecule has 0 atom stereocenters. The number of fused-ring (bicyclic) bond motifs is 2. The summed E-state index contributed by atoms with van der Waals surface area (Å²) >= 11 is 0. The van der Waals surface area contributed by atoms with E-state index in [1.807, 2.05) is 6.20 Å². The number of hydrogen-bond donors (Lipinski definition) is 0. The van der Waals surface area contributed by atoms with Crippen LogP contribution < -0.4 is 4.90 Å². The number of rotatable bonds is 6. The molecular formula is C31H33N5. The molecule has 4 heterocycles. The fourth-order valence-electron chi connectivity index (χ4n) is 5.22. The maximum absolute atomic E-state index is 4.93. The average Bonchev–Trinajstić information content (AvgIpc) is 3.35. The number of benzene rings is 2. The van der Waals surface area contributed by atoms with Gasteiger partial charge >= 0.3 is 0 Å². The summed E-state index contributed by atoms with van der Waals surface area (Å²) in [6, 6.07) is 24.1. The molecule has 1 aliphatic heterocycles. The number of unbranched alkanes of at least 4 members (excludes halogenated alkanes) is 1. The van der Waals surface area contributed by atoms with Crippen LogP contribution in [0.3, 0.4) is 0 Å². The van der Waals surface area contributed by atoms with E-state index in [4.69, 9.17) is 9.97 Å². The summed E-state index contributed by atoms with van der Waals surface area (Å²) in [7, 11) is 2.19. The SMILES string of the molecule is CCCCc1cc(-c2cnc3cc(-c4ccc(N5CCN(C)CC5)cc4)ccn23)c2ccccc2n1. The van der Waals surface area contributed by atoms with Gasteiger partial charge in [0, 0.05) is 54.7 Å². The summed E-state index contributed by atoms with van der Waals surface area (Å²) in [6.45, 7) is 6.63. The summed E-state index contributed by atoms with van der Waals surface area (Å²) < 4.78 is 2.20. The number of piperazine rings is 1. The van der Waals surface area contributed by atoms with Crippen LogP contribution in [0.2, 0.25) is 0 Å². The maximum Gasteiger partial charge on any atom is 0.137 e. The Morgan fingerprint density at radius 1 is 0.861 bits per heavy atom. The largest absolute Gasteiger partial charge is 0.369 e. The molecule has 5 heteroatoms. The Kier molecular flexibility index (Phi) is 6.16. The number of nitrogens with zero attached hydrogens (tertiary/aromatic N) is 5. The zero-order valence-electron chi connectivity index (χ0n) is 21.2. The summed E-state index contributed by atoms with van der Waals surface area (Å²) in [6.07, 6.45) is 7.47. The van der Waals surface area contributed by atoms with Gasteiger partial charge in [-0.3, -0.25) is 9.38 Å². The number of likely N-dealkylation sites (N-methyl/N-ethyl adjacent to an activating group) is 1. The number of anilines is 1. The fraction of sp³-hybridized carbons (Fsp3) is 0.290. The molecule has 0 saturated carbocycles. The van der Waals surface area contributed by atoms with Gasteiger partial charge in [-0.2, -0.15) is 0 Å². The number of hydrogen-bond acceptors (Lipinski definition) is 4. The Morgan fingerprint density at radius 2 is 1.67 bits per heavy atom. The summed E-state index contributed by atoms with van der Waals surface area (Å²) in [5, 5.41) is 1.17. The molecule has 3 aromatic heterocycles. The van der Waals surface area contributed by atoms with Gasteiger partial charge in [-0.1, -0.05) is 43.7 Å². The normalized spacial score (nSPS) is 14.7. The first-order valence-corrected chi connectivity index (χ1v) is 13.1. The van der Waals surface area contributed by atoms with E-state index in [-0.39, 0.29) is 0 Å². The predicted octanol–water partition coefficient (Wildman–Crippen LogP) is 6.31. The van der Waals surface area contributed by atoms with Crippen molar-refractivity contribution in [2.24, 2.45) is 0 Å². The molecule has 0 spiro atoms. The number of aromatic nitrogens is 3. The Hall–Kier alpha value is -3.70. The van der Waals surface area contributed by atoms with Crippen molar-refractivity contribution < 1.29 is 0 Å². The zero-order chi connectivity index (χ0) is 24.5. The number of imidazole rings is 1. The molecule has 6 rings (SSSR count). The minimum atomic E-state index is 0.960. The van der Waals surface area contributed by atoms with E-state index in [2.05, 4.69) is 101 Å². The van der Waals surface area contributed by atoms with Crippen LogP contribution in [0.4, 0.5) is 5.69 Å².